The zero-order valence-corrected chi connectivity index (χ0v) is 8.37. The predicted molar refractivity (Wildman–Crippen MR) is 49.6 cm³/mol. The Kier molecular flexibility index (Phi) is 8.15. The van der Waals surface area contributed by atoms with Crippen molar-refractivity contribution in [3.05, 3.63) is 0 Å². The van der Waals surface area contributed by atoms with E-state index in [1.165, 1.54) is 0 Å². The Morgan fingerprint density at radius 2 is 1.46 bits per heavy atom. The quantitative estimate of drug-likeness (QED) is 0.711. The van der Waals surface area contributed by atoms with Crippen LogP contribution < -0.4 is 0 Å². The van der Waals surface area contributed by atoms with Crippen LogP contribution >= 0.6 is 0 Å². The lowest BCUT2D eigenvalue weighted by molar-refractivity contribution is 0.137. The van der Waals surface area contributed by atoms with Gasteiger partial charge in [-0.2, -0.15) is 5.26 Å². The molecule has 4 heteroatoms. The third kappa shape index (κ3) is 7.13. The molecule has 0 heterocycles. The van der Waals surface area contributed by atoms with E-state index in [9.17, 15) is 0 Å². The molecule has 0 saturated heterocycles. The fraction of sp³-hybridized carbons (Fsp3) is 0.778. The van der Waals surface area contributed by atoms with E-state index in [0.29, 0.717) is 0 Å². The van der Waals surface area contributed by atoms with Crippen molar-refractivity contribution in [2.24, 2.45) is 5.41 Å². The van der Waals surface area contributed by atoms with Crippen LogP contribution in [0.25, 0.3) is 0 Å². The van der Waals surface area contributed by atoms with Gasteiger partial charge in [0.1, 0.15) is 0 Å². The molecule has 0 saturated carbocycles. The lowest BCUT2D eigenvalue weighted by atomic mass is 9.82. The maximum Gasteiger partial charge on any atom is 0.503 e. The van der Waals surface area contributed by atoms with Gasteiger partial charge >= 0.3 is 6.16 Å². The zero-order chi connectivity index (χ0) is 10.9. The van der Waals surface area contributed by atoms with Gasteiger partial charge in [-0.25, -0.2) is 4.79 Å². The Hall–Kier alpha value is -1.24. The molecule has 0 bridgehead atoms. The average molecular weight is 187 g/mol. The van der Waals surface area contributed by atoms with Gasteiger partial charge in [-0.3, -0.25) is 0 Å². The second-order valence-electron chi connectivity index (χ2n) is 2.74. The molecule has 0 fully saturated rings. The SMILES string of the molecule is CCC(C#N)(CC)CC.O=C(O)O. The molecular weight excluding hydrogens is 170 g/mol. The first-order valence-corrected chi connectivity index (χ1v) is 4.31. The van der Waals surface area contributed by atoms with E-state index in [1.54, 1.807) is 0 Å². The first-order chi connectivity index (χ1) is 5.97. The van der Waals surface area contributed by atoms with Gasteiger partial charge < -0.3 is 10.2 Å². The highest BCUT2D eigenvalue weighted by Gasteiger charge is 2.22. The van der Waals surface area contributed by atoms with E-state index in [0.717, 1.165) is 19.3 Å². The first kappa shape index (κ1) is 14.3. The molecule has 0 unspecified atom stereocenters. The molecule has 0 amide bonds. The fourth-order valence-corrected chi connectivity index (χ4v) is 0.987. The Morgan fingerprint density at radius 1 is 1.23 bits per heavy atom. The van der Waals surface area contributed by atoms with Gasteiger partial charge in [0.2, 0.25) is 0 Å². The molecule has 0 aromatic rings. The minimum absolute atomic E-state index is 0.0278. The topological polar surface area (TPSA) is 81.3 Å². The maximum absolute atomic E-state index is 8.73. The van der Waals surface area contributed by atoms with Crippen LogP contribution in [0.5, 0.6) is 0 Å². The first-order valence-electron chi connectivity index (χ1n) is 4.31. The molecule has 0 aliphatic carbocycles. The number of carboxylic acid groups (broad SMARTS) is 2. The fourth-order valence-electron chi connectivity index (χ4n) is 0.987. The highest BCUT2D eigenvalue weighted by atomic mass is 16.6. The lowest BCUT2D eigenvalue weighted by Crippen LogP contribution is -2.13. The van der Waals surface area contributed by atoms with Crippen molar-refractivity contribution >= 4 is 6.16 Å². The molecule has 0 radical (unpaired) electrons. The summed E-state index contributed by atoms with van der Waals surface area (Å²) in [5.74, 6) is 0. The number of hydrogen-bond acceptors (Lipinski definition) is 2. The predicted octanol–water partition coefficient (Wildman–Crippen LogP) is 2.95. The van der Waals surface area contributed by atoms with Gasteiger partial charge in [-0.15, -0.1) is 0 Å². The molecule has 4 nitrogen and oxygen atoms in total. The summed E-state index contributed by atoms with van der Waals surface area (Å²) in [5.41, 5.74) is -0.0278. The number of nitrogens with zero attached hydrogens (tertiary/aromatic N) is 1. The highest BCUT2D eigenvalue weighted by Crippen LogP contribution is 2.28. The largest absolute Gasteiger partial charge is 0.503 e. The average Bonchev–Trinajstić information content (AvgIpc) is 2.09. The van der Waals surface area contributed by atoms with Gasteiger partial charge in [0.05, 0.1) is 11.5 Å². The van der Waals surface area contributed by atoms with Gasteiger partial charge in [-0.1, -0.05) is 20.8 Å². The monoisotopic (exact) mass is 187 g/mol. The third-order valence-corrected chi connectivity index (χ3v) is 2.27. The molecule has 13 heavy (non-hydrogen) atoms. The van der Waals surface area contributed by atoms with Crippen molar-refractivity contribution < 1.29 is 15.0 Å². The molecule has 0 aliphatic rings. The summed E-state index contributed by atoms with van der Waals surface area (Å²) in [4.78, 5) is 8.56. The van der Waals surface area contributed by atoms with E-state index in [1.807, 2.05) is 0 Å². The molecule has 76 valence electrons. The third-order valence-electron chi connectivity index (χ3n) is 2.27. The zero-order valence-electron chi connectivity index (χ0n) is 8.37. The Bertz CT molecular complexity index is 168. The molecule has 0 aromatic heterocycles. The summed E-state index contributed by atoms with van der Waals surface area (Å²) < 4.78 is 0. The molecule has 0 spiro atoms. The summed E-state index contributed by atoms with van der Waals surface area (Å²) >= 11 is 0. The van der Waals surface area contributed by atoms with Gasteiger partial charge in [0.25, 0.3) is 0 Å². The molecular formula is C9H17NO3. The summed E-state index contributed by atoms with van der Waals surface area (Å²) in [6.07, 6.45) is 1.11. The molecule has 0 aromatic carbocycles. The van der Waals surface area contributed by atoms with E-state index in [4.69, 9.17) is 20.3 Å². The number of nitriles is 1. The standard InChI is InChI=1S/C8H15N.CH2O3/c1-4-8(5-2,6-3)7-9;2-1(3)4/h4-6H2,1-3H3;(H2,2,3,4). The summed E-state index contributed by atoms with van der Waals surface area (Å²) in [5, 5.41) is 22.7. The van der Waals surface area contributed by atoms with Crippen LogP contribution in [0, 0.1) is 16.7 Å². The number of rotatable bonds is 3. The summed E-state index contributed by atoms with van der Waals surface area (Å²) in [7, 11) is 0. The molecule has 0 atom stereocenters. The maximum atomic E-state index is 8.73. The Labute approximate surface area is 78.8 Å². The van der Waals surface area contributed by atoms with Crippen LogP contribution in [0.3, 0.4) is 0 Å². The Balaban J connectivity index is 0. The van der Waals surface area contributed by atoms with Gasteiger partial charge in [0, 0.05) is 0 Å². The van der Waals surface area contributed by atoms with Crippen molar-refractivity contribution in [2.45, 2.75) is 40.0 Å². The normalized spacial score (nSPS) is 9.38. The summed E-state index contributed by atoms with van der Waals surface area (Å²) in [6, 6.07) is 2.36. The summed E-state index contributed by atoms with van der Waals surface area (Å²) in [6.45, 7) is 6.24. The van der Waals surface area contributed by atoms with Crippen LogP contribution in [0.15, 0.2) is 0 Å². The molecule has 0 aliphatic heterocycles. The second-order valence-corrected chi connectivity index (χ2v) is 2.74. The van der Waals surface area contributed by atoms with Crippen LogP contribution in [0.4, 0.5) is 4.79 Å². The van der Waals surface area contributed by atoms with Crippen molar-refractivity contribution in [1.82, 2.24) is 0 Å². The molecule has 0 rings (SSSR count). The van der Waals surface area contributed by atoms with Crippen LogP contribution in [-0.4, -0.2) is 16.4 Å². The van der Waals surface area contributed by atoms with E-state index < -0.39 is 6.16 Å². The number of hydrogen-bond donors (Lipinski definition) is 2. The van der Waals surface area contributed by atoms with Crippen LogP contribution in [0.1, 0.15) is 40.0 Å². The smallest absolute Gasteiger partial charge is 0.450 e. The van der Waals surface area contributed by atoms with Crippen molar-refractivity contribution in [3.8, 4) is 6.07 Å². The van der Waals surface area contributed by atoms with Crippen LogP contribution in [-0.2, 0) is 0 Å². The Morgan fingerprint density at radius 3 is 1.46 bits per heavy atom. The second kappa shape index (κ2) is 7.41. The van der Waals surface area contributed by atoms with E-state index in [2.05, 4.69) is 26.8 Å². The van der Waals surface area contributed by atoms with E-state index in [-0.39, 0.29) is 5.41 Å². The van der Waals surface area contributed by atoms with E-state index >= 15 is 0 Å². The highest BCUT2D eigenvalue weighted by molar-refractivity contribution is 5.53. The van der Waals surface area contributed by atoms with Crippen molar-refractivity contribution in [2.75, 3.05) is 0 Å². The van der Waals surface area contributed by atoms with Gasteiger partial charge in [0.15, 0.2) is 0 Å². The minimum Gasteiger partial charge on any atom is -0.450 e. The minimum atomic E-state index is -1.83. The molecule has 2 N–H and O–H groups in total. The number of carbonyl (C=O) groups is 1. The van der Waals surface area contributed by atoms with Crippen LogP contribution in [0.2, 0.25) is 0 Å². The van der Waals surface area contributed by atoms with Gasteiger partial charge in [-0.05, 0) is 19.3 Å². The van der Waals surface area contributed by atoms with Crippen molar-refractivity contribution in [1.29, 1.82) is 5.26 Å². The lowest BCUT2D eigenvalue weighted by Gasteiger charge is -2.19. The van der Waals surface area contributed by atoms with Crippen molar-refractivity contribution in [3.63, 3.8) is 0 Å².